The third-order valence-electron chi connectivity index (χ3n) is 9.47. The van der Waals surface area contributed by atoms with Crippen molar-refractivity contribution in [2.75, 3.05) is 39.8 Å². The molecule has 5 nitrogen and oxygen atoms in total. The smallest absolute Gasteiger partial charge is 0.433 e. The Morgan fingerprint density at radius 1 is 0.560 bits per heavy atom. The summed E-state index contributed by atoms with van der Waals surface area (Å²) in [5.74, 6) is 0. The summed E-state index contributed by atoms with van der Waals surface area (Å²) < 4.78 is 11.4. The van der Waals surface area contributed by atoms with Crippen molar-refractivity contribution in [1.82, 2.24) is 10.2 Å². The molecule has 0 amide bonds. The molecule has 292 valence electrons. The Labute approximate surface area is 312 Å². The number of nitrogens with one attached hydrogen (secondary N) is 1. The molecule has 0 unspecified atom stereocenters. The third kappa shape index (κ3) is 37.4. The Morgan fingerprint density at radius 3 is 1.40 bits per heavy atom. The second-order valence-electron chi connectivity index (χ2n) is 14.1. The fraction of sp³-hybridized carbons (Fsp3) is 0.800. The number of carbonyl (C=O) groups is 1. The quantitative estimate of drug-likeness (QED) is 0.0395. The topological polar surface area (TPSA) is 50.8 Å². The molecule has 1 N–H and O–H groups in total. The van der Waals surface area contributed by atoms with E-state index in [1.807, 2.05) is 7.05 Å². The first kappa shape index (κ1) is 48.1. The van der Waals surface area contributed by atoms with E-state index in [1.54, 1.807) is 0 Å². The van der Waals surface area contributed by atoms with Gasteiger partial charge in [0.15, 0.2) is 0 Å². The van der Waals surface area contributed by atoms with Crippen molar-refractivity contribution in [2.24, 2.45) is 0 Å². The number of nitrogens with zero attached hydrogens (tertiary/aromatic N) is 1. The van der Waals surface area contributed by atoms with Gasteiger partial charge in [0.05, 0.1) is 0 Å². The van der Waals surface area contributed by atoms with E-state index < -0.39 is 6.16 Å². The summed E-state index contributed by atoms with van der Waals surface area (Å²) in [5.41, 5.74) is 0. The zero-order valence-corrected chi connectivity index (χ0v) is 33.8. The maximum Gasteiger partial charge on any atom is 0.508 e. The predicted molar refractivity (Wildman–Crippen MR) is 220 cm³/mol. The summed E-state index contributed by atoms with van der Waals surface area (Å²) in [6, 6.07) is 0. The maximum absolute atomic E-state index is 12.6. The van der Waals surface area contributed by atoms with Crippen molar-refractivity contribution in [3.05, 3.63) is 48.6 Å². The van der Waals surface area contributed by atoms with Gasteiger partial charge in [-0.2, -0.15) is 0 Å². The van der Waals surface area contributed by atoms with E-state index in [2.05, 4.69) is 79.6 Å². The van der Waals surface area contributed by atoms with Crippen molar-refractivity contribution < 1.29 is 14.3 Å². The van der Waals surface area contributed by atoms with Crippen LogP contribution in [0.15, 0.2) is 48.6 Å². The molecule has 0 aliphatic heterocycles. The van der Waals surface area contributed by atoms with Gasteiger partial charge in [0.2, 0.25) is 0 Å². The van der Waals surface area contributed by atoms with E-state index in [9.17, 15) is 4.79 Å². The van der Waals surface area contributed by atoms with Gasteiger partial charge in [-0.1, -0.05) is 146 Å². The molecule has 0 spiro atoms. The van der Waals surface area contributed by atoms with E-state index in [-0.39, 0.29) is 6.10 Å². The standard InChI is InChI=1S/C45H84N2O3/c1-5-8-10-12-14-16-18-20-22-24-26-28-30-32-34-36-38-44(50-45(48)49-43-42-47(7-3)41-40-46-4)39-37-35-33-31-29-27-25-23-21-19-17-15-13-11-9-6-2/h14-17,20-23,44,46H,5-13,18-19,24-43H2,1-4H3/b16-14-,17-15-,22-20-,23-21-. The van der Waals surface area contributed by atoms with E-state index >= 15 is 0 Å². The molecule has 0 saturated heterocycles. The van der Waals surface area contributed by atoms with Crippen molar-refractivity contribution in [3.8, 4) is 0 Å². The van der Waals surface area contributed by atoms with Crippen LogP contribution in [0.3, 0.4) is 0 Å². The summed E-state index contributed by atoms with van der Waals surface area (Å²) in [7, 11) is 1.96. The minimum atomic E-state index is -0.486. The van der Waals surface area contributed by atoms with Crippen LogP contribution in [0, 0.1) is 0 Å². The van der Waals surface area contributed by atoms with E-state index in [4.69, 9.17) is 9.47 Å². The zero-order chi connectivity index (χ0) is 36.4. The van der Waals surface area contributed by atoms with Crippen LogP contribution in [0.4, 0.5) is 4.79 Å². The lowest BCUT2D eigenvalue weighted by Gasteiger charge is -2.21. The van der Waals surface area contributed by atoms with Crippen molar-refractivity contribution >= 4 is 6.16 Å². The molecular weight excluding hydrogens is 617 g/mol. The summed E-state index contributed by atoms with van der Waals surface area (Å²) in [4.78, 5) is 14.9. The first-order valence-corrected chi connectivity index (χ1v) is 21.5. The third-order valence-corrected chi connectivity index (χ3v) is 9.47. The maximum atomic E-state index is 12.6. The lowest BCUT2D eigenvalue weighted by molar-refractivity contribution is 0.0122. The molecule has 5 heteroatoms. The fourth-order valence-electron chi connectivity index (χ4n) is 6.11. The van der Waals surface area contributed by atoms with Gasteiger partial charge in [0.25, 0.3) is 0 Å². The minimum Gasteiger partial charge on any atom is -0.433 e. The number of likely N-dealkylation sites (N-methyl/N-ethyl adjacent to an activating group) is 2. The number of rotatable bonds is 38. The van der Waals surface area contributed by atoms with Crippen LogP contribution in [0.2, 0.25) is 0 Å². The van der Waals surface area contributed by atoms with Crippen LogP contribution in [0.25, 0.3) is 0 Å². The van der Waals surface area contributed by atoms with Gasteiger partial charge in [0.1, 0.15) is 12.7 Å². The number of ether oxygens (including phenoxy) is 2. The largest absolute Gasteiger partial charge is 0.508 e. The molecule has 0 aromatic carbocycles. The highest BCUT2D eigenvalue weighted by molar-refractivity contribution is 5.60. The molecular formula is C45H84N2O3. The zero-order valence-electron chi connectivity index (χ0n) is 33.8. The summed E-state index contributed by atoms with van der Waals surface area (Å²) in [6.07, 6.45) is 50.0. The van der Waals surface area contributed by atoms with Crippen molar-refractivity contribution in [1.29, 1.82) is 0 Å². The number of hydrogen-bond donors (Lipinski definition) is 1. The monoisotopic (exact) mass is 701 g/mol. The summed E-state index contributed by atoms with van der Waals surface area (Å²) >= 11 is 0. The Bertz CT molecular complexity index is 758. The van der Waals surface area contributed by atoms with Crippen LogP contribution in [-0.2, 0) is 9.47 Å². The van der Waals surface area contributed by atoms with Crippen molar-refractivity contribution in [3.63, 3.8) is 0 Å². The number of hydrogen-bond acceptors (Lipinski definition) is 5. The molecule has 0 aromatic heterocycles. The number of unbranched alkanes of at least 4 members (excludes halogenated alkanes) is 18. The first-order valence-electron chi connectivity index (χ1n) is 21.5. The van der Waals surface area contributed by atoms with Gasteiger partial charge >= 0.3 is 6.16 Å². The average Bonchev–Trinajstić information content (AvgIpc) is 3.12. The lowest BCUT2D eigenvalue weighted by Crippen LogP contribution is -2.34. The molecule has 0 aromatic rings. The second kappa shape index (κ2) is 41.6. The summed E-state index contributed by atoms with van der Waals surface area (Å²) in [6.45, 7) is 10.6. The Kier molecular flexibility index (Phi) is 40.0. The first-order chi connectivity index (χ1) is 24.7. The highest BCUT2D eigenvalue weighted by atomic mass is 16.7. The van der Waals surface area contributed by atoms with Crippen LogP contribution in [-0.4, -0.2) is 57.0 Å². The van der Waals surface area contributed by atoms with Crippen LogP contribution in [0.1, 0.15) is 188 Å². The summed E-state index contributed by atoms with van der Waals surface area (Å²) in [5, 5.41) is 3.19. The fourth-order valence-corrected chi connectivity index (χ4v) is 6.11. The Hall–Kier alpha value is -1.85. The molecule has 0 bridgehead atoms. The van der Waals surface area contributed by atoms with Gasteiger partial charge in [-0.15, -0.1) is 0 Å². The Morgan fingerprint density at radius 2 is 0.980 bits per heavy atom. The lowest BCUT2D eigenvalue weighted by atomic mass is 10.0. The van der Waals surface area contributed by atoms with Crippen LogP contribution >= 0.6 is 0 Å². The molecule has 0 radical (unpaired) electrons. The SMILES string of the molecule is CCCCC/C=C\C/C=C\CCCCCCCCC(CCCCCCCC/C=C\C/C=C\CCCCC)OC(=O)OCCN(CC)CCNC. The van der Waals surface area contributed by atoms with Gasteiger partial charge in [-0.05, 0) is 103 Å². The van der Waals surface area contributed by atoms with Gasteiger partial charge in [0, 0.05) is 19.6 Å². The van der Waals surface area contributed by atoms with E-state index in [1.165, 1.54) is 128 Å². The minimum absolute atomic E-state index is 0.0225. The molecule has 0 aliphatic rings. The predicted octanol–water partition coefficient (Wildman–Crippen LogP) is 13.5. The molecule has 0 saturated carbocycles. The molecule has 0 heterocycles. The molecule has 0 fully saturated rings. The molecule has 0 aliphatic carbocycles. The molecule has 0 rings (SSSR count). The number of allylic oxidation sites excluding steroid dienone is 8. The van der Waals surface area contributed by atoms with E-state index in [0.717, 1.165) is 64.7 Å². The van der Waals surface area contributed by atoms with Gasteiger partial charge in [-0.25, -0.2) is 4.79 Å². The van der Waals surface area contributed by atoms with Crippen LogP contribution < -0.4 is 5.32 Å². The van der Waals surface area contributed by atoms with Gasteiger partial charge in [-0.3, -0.25) is 4.90 Å². The second-order valence-corrected chi connectivity index (χ2v) is 14.1. The molecule has 50 heavy (non-hydrogen) atoms. The number of carbonyl (C=O) groups excluding carboxylic acids is 1. The van der Waals surface area contributed by atoms with Crippen LogP contribution in [0.5, 0.6) is 0 Å². The highest BCUT2D eigenvalue weighted by Gasteiger charge is 2.16. The average molecular weight is 701 g/mol. The van der Waals surface area contributed by atoms with Crippen molar-refractivity contribution in [2.45, 2.75) is 194 Å². The van der Waals surface area contributed by atoms with Gasteiger partial charge < -0.3 is 14.8 Å². The molecule has 0 atom stereocenters. The van der Waals surface area contributed by atoms with E-state index in [0.29, 0.717) is 6.61 Å². The Balaban J connectivity index is 4.23. The normalized spacial score (nSPS) is 12.3. The highest BCUT2D eigenvalue weighted by Crippen LogP contribution is 2.18.